The highest BCUT2D eigenvalue weighted by Crippen LogP contribution is 2.65. The van der Waals surface area contributed by atoms with E-state index in [4.69, 9.17) is 0 Å². The van der Waals surface area contributed by atoms with Gasteiger partial charge in [0.15, 0.2) is 0 Å². The smallest absolute Gasteiger partial charge is 0.0755 e. The van der Waals surface area contributed by atoms with Crippen LogP contribution in [0.4, 0.5) is 34.1 Å². The lowest BCUT2D eigenvalue weighted by Crippen LogP contribution is -2.36. The Morgan fingerprint density at radius 3 is 1.62 bits per heavy atom. The molecular weight excluding hydrogens is 881 g/mol. The number of hydrogen-bond donors (Lipinski definition) is 0. The lowest BCUT2D eigenvalue weighted by Gasteiger charge is -2.45. The van der Waals surface area contributed by atoms with Gasteiger partial charge in [-0.15, -0.1) is 0 Å². The molecule has 0 radical (unpaired) electrons. The summed E-state index contributed by atoms with van der Waals surface area (Å²) in [6.45, 7) is 0. The van der Waals surface area contributed by atoms with Gasteiger partial charge >= 0.3 is 0 Å². The van der Waals surface area contributed by atoms with Gasteiger partial charge in [0.1, 0.15) is 0 Å². The van der Waals surface area contributed by atoms with Crippen LogP contribution in [0.25, 0.3) is 50.1 Å². The number of benzene rings is 10. The SMILES string of the molecule is C1=CC2=C(c3ccccc3-c3ccccc3N(c3ccccc3-c3ccc(-c4ccccc4)cc3)c3cccc4c3-c3ccccc3C43c4ccccc4N(c4ccccc4)c4ccccc43)C=CCC2CC1. The molecule has 3 aliphatic carbocycles. The van der Waals surface area contributed by atoms with E-state index in [0.29, 0.717) is 5.92 Å². The molecule has 2 heteroatoms. The maximum absolute atomic E-state index is 2.59. The minimum absolute atomic E-state index is 0.541. The van der Waals surface area contributed by atoms with Gasteiger partial charge in [0.05, 0.1) is 33.9 Å². The van der Waals surface area contributed by atoms with Crippen LogP contribution in [-0.2, 0) is 5.41 Å². The van der Waals surface area contributed by atoms with E-state index in [0.717, 1.165) is 46.7 Å². The third-order valence-corrected chi connectivity index (χ3v) is 15.9. The Morgan fingerprint density at radius 2 is 0.890 bits per heavy atom. The van der Waals surface area contributed by atoms with Gasteiger partial charge in [-0.25, -0.2) is 0 Å². The molecular formula is C71H52N2. The molecule has 0 bridgehead atoms. The monoisotopic (exact) mass is 932 g/mol. The van der Waals surface area contributed by atoms with Gasteiger partial charge in [-0.3, -0.25) is 0 Å². The zero-order chi connectivity index (χ0) is 48.3. The molecule has 346 valence electrons. The molecule has 0 fully saturated rings. The summed E-state index contributed by atoms with van der Waals surface area (Å²) in [4.78, 5) is 5.05. The molecule has 10 aromatic carbocycles. The summed E-state index contributed by atoms with van der Waals surface area (Å²) >= 11 is 0. The van der Waals surface area contributed by atoms with Gasteiger partial charge in [-0.2, -0.15) is 0 Å². The topological polar surface area (TPSA) is 6.48 Å². The Bertz CT molecular complexity index is 3790. The fourth-order valence-corrected chi connectivity index (χ4v) is 12.8. The molecule has 1 spiro atoms. The fraction of sp³-hybridized carbons (Fsp3) is 0.0704. The second kappa shape index (κ2) is 17.7. The number of rotatable bonds is 8. The van der Waals surface area contributed by atoms with E-state index in [2.05, 4.69) is 283 Å². The second-order valence-electron chi connectivity index (χ2n) is 19.7. The highest BCUT2D eigenvalue weighted by Gasteiger charge is 2.52. The maximum atomic E-state index is 2.59. The van der Waals surface area contributed by atoms with Crippen molar-refractivity contribution in [2.24, 2.45) is 5.92 Å². The van der Waals surface area contributed by atoms with Gasteiger partial charge in [0, 0.05) is 22.4 Å². The molecule has 0 saturated carbocycles. The van der Waals surface area contributed by atoms with Crippen LogP contribution in [0, 0.1) is 5.92 Å². The van der Waals surface area contributed by atoms with Crippen molar-refractivity contribution in [2.45, 2.75) is 24.7 Å². The summed E-state index contributed by atoms with van der Waals surface area (Å²) in [7, 11) is 0. The van der Waals surface area contributed by atoms with Crippen molar-refractivity contribution < 1.29 is 0 Å². The van der Waals surface area contributed by atoms with Crippen molar-refractivity contribution in [2.75, 3.05) is 9.80 Å². The molecule has 0 N–H and O–H groups in total. The lowest BCUT2D eigenvalue weighted by molar-refractivity contribution is 0.568. The van der Waals surface area contributed by atoms with Gasteiger partial charge in [0.25, 0.3) is 0 Å². The minimum Gasteiger partial charge on any atom is -0.310 e. The van der Waals surface area contributed by atoms with Crippen LogP contribution in [0.2, 0.25) is 0 Å². The minimum atomic E-state index is -0.615. The van der Waals surface area contributed by atoms with Crippen molar-refractivity contribution in [1.29, 1.82) is 0 Å². The van der Waals surface area contributed by atoms with E-state index in [9.17, 15) is 0 Å². The average Bonchev–Trinajstić information content (AvgIpc) is 3.87. The zero-order valence-electron chi connectivity index (χ0n) is 40.6. The van der Waals surface area contributed by atoms with Crippen LogP contribution in [0.15, 0.2) is 279 Å². The van der Waals surface area contributed by atoms with E-state index >= 15 is 0 Å². The first kappa shape index (κ1) is 42.9. The Kier molecular flexibility index (Phi) is 10.4. The van der Waals surface area contributed by atoms with Crippen molar-refractivity contribution in [3.8, 4) is 44.5 Å². The van der Waals surface area contributed by atoms with Gasteiger partial charge in [0.2, 0.25) is 0 Å². The number of fused-ring (bicyclic) bond motifs is 10. The first-order chi connectivity index (χ1) is 36.3. The van der Waals surface area contributed by atoms with Crippen molar-refractivity contribution >= 4 is 39.7 Å². The van der Waals surface area contributed by atoms with E-state index in [-0.39, 0.29) is 0 Å². The molecule has 73 heavy (non-hydrogen) atoms. The molecule has 0 saturated heterocycles. The molecule has 1 atom stereocenters. The first-order valence-corrected chi connectivity index (χ1v) is 25.9. The van der Waals surface area contributed by atoms with Crippen LogP contribution >= 0.6 is 0 Å². The van der Waals surface area contributed by atoms with E-state index in [1.165, 1.54) is 90.1 Å². The van der Waals surface area contributed by atoms with Crippen LogP contribution in [0.5, 0.6) is 0 Å². The molecule has 2 nitrogen and oxygen atoms in total. The Morgan fingerprint density at radius 1 is 0.370 bits per heavy atom. The molecule has 1 unspecified atom stereocenters. The first-order valence-electron chi connectivity index (χ1n) is 25.9. The number of nitrogens with zero attached hydrogens (tertiary/aromatic N) is 2. The standard InChI is InChI=1S/C71H52N2/c1-3-23-49(24-4-1)50-45-47-52(48-46-50)55-30-12-17-40-65(55)73(66-41-18-13-33-59(66)58-32-10-9-31-57(58)56-35-21-26-51-25-7-8-29-54(51)56)69-44-22-39-64-70(69)60-34-11-14-36-61(60)71(64)62-37-15-19-42-67(62)72(53-27-5-2-6-28-53)68-43-20-16-38-63(68)71/h1-6,8-24,27-48,51H,7,25-26H2. The number of allylic oxidation sites excluding steroid dienone is 6. The predicted octanol–water partition coefficient (Wildman–Crippen LogP) is 19.0. The third kappa shape index (κ3) is 6.78. The molecule has 14 rings (SSSR count). The highest BCUT2D eigenvalue weighted by atomic mass is 15.2. The van der Waals surface area contributed by atoms with E-state index in [1.807, 2.05) is 0 Å². The summed E-state index contributed by atoms with van der Waals surface area (Å²) in [6, 6.07) is 92.5. The van der Waals surface area contributed by atoms with Crippen LogP contribution < -0.4 is 9.80 Å². The van der Waals surface area contributed by atoms with Crippen molar-refractivity contribution in [3.05, 3.63) is 306 Å². The van der Waals surface area contributed by atoms with Gasteiger partial charge in [-0.1, -0.05) is 231 Å². The van der Waals surface area contributed by atoms with Crippen LogP contribution in [0.3, 0.4) is 0 Å². The Hall–Kier alpha value is -8.98. The number of anilines is 6. The lowest BCUT2D eigenvalue weighted by atomic mass is 9.64. The summed E-state index contributed by atoms with van der Waals surface area (Å²) in [5.74, 6) is 0.541. The maximum Gasteiger partial charge on any atom is 0.0755 e. The molecule has 4 aliphatic rings. The Balaban J connectivity index is 1.05. The Labute approximate surface area is 428 Å². The zero-order valence-corrected chi connectivity index (χ0v) is 40.6. The normalized spacial score (nSPS) is 15.6. The molecule has 0 aromatic heterocycles. The van der Waals surface area contributed by atoms with Crippen LogP contribution in [0.1, 0.15) is 47.1 Å². The molecule has 1 heterocycles. The highest BCUT2D eigenvalue weighted by molar-refractivity contribution is 6.05. The molecule has 0 amide bonds. The largest absolute Gasteiger partial charge is 0.310 e. The van der Waals surface area contributed by atoms with Gasteiger partial charge in [-0.05, 0) is 134 Å². The fourth-order valence-electron chi connectivity index (χ4n) is 12.8. The quantitative estimate of drug-likeness (QED) is 0.150. The summed E-state index contributed by atoms with van der Waals surface area (Å²) in [5.41, 5.74) is 25.0. The van der Waals surface area contributed by atoms with Crippen molar-refractivity contribution in [1.82, 2.24) is 0 Å². The summed E-state index contributed by atoms with van der Waals surface area (Å²) in [5, 5.41) is 0. The summed E-state index contributed by atoms with van der Waals surface area (Å²) < 4.78 is 0. The van der Waals surface area contributed by atoms with Gasteiger partial charge < -0.3 is 9.80 Å². The van der Waals surface area contributed by atoms with Crippen molar-refractivity contribution in [3.63, 3.8) is 0 Å². The van der Waals surface area contributed by atoms with Crippen LogP contribution in [-0.4, -0.2) is 0 Å². The third-order valence-electron chi connectivity index (χ3n) is 15.9. The summed E-state index contributed by atoms with van der Waals surface area (Å²) in [6.07, 6.45) is 13.0. The molecule has 10 aromatic rings. The predicted molar refractivity (Wildman–Crippen MR) is 306 cm³/mol. The number of hydrogen-bond acceptors (Lipinski definition) is 2. The second-order valence-corrected chi connectivity index (χ2v) is 19.7. The van der Waals surface area contributed by atoms with E-state index < -0.39 is 5.41 Å². The molecule has 1 aliphatic heterocycles. The van der Waals surface area contributed by atoms with E-state index in [1.54, 1.807) is 0 Å². The number of para-hydroxylation sites is 5. The average molecular weight is 933 g/mol.